The van der Waals surface area contributed by atoms with Crippen LogP contribution in [0.1, 0.15) is 0 Å². The summed E-state index contributed by atoms with van der Waals surface area (Å²) >= 11 is 3.40. The number of nitrogens with zero attached hydrogens (tertiary/aromatic N) is 2. The molecule has 0 bridgehead atoms. The molecule has 1 saturated heterocycles. The van der Waals surface area contributed by atoms with E-state index >= 15 is 0 Å². The van der Waals surface area contributed by atoms with Gasteiger partial charge in [-0.1, -0.05) is 15.9 Å². The molecular weight excluding hydrogens is 308 g/mol. The summed E-state index contributed by atoms with van der Waals surface area (Å²) in [5.74, 6) is 1.07. The summed E-state index contributed by atoms with van der Waals surface area (Å²) in [6, 6.07) is 7.86. The molecule has 0 amide bonds. The molecule has 0 saturated carbocycles. The standard InChI is InChI=1S/C13H19BrN4O/c14-11-1-3-12(4-2-11)19-10-9-17-5-7-18(8-6-17)13(15)16/h1-4H,5-10H2,(H3,15,16). The molecule has 0 spiro atoms. The highest BCUT2D eigenvalue weighted by Gasteiger charge is 2.16. The third-order valence-electron chi connectivity index (χ3n) is 3.20. The van der Waals surface area contributed by atoms with Crippen molar-refractivity contribution in [1.82, 2.24) is 9.80 Å². The summed E-state index contributed by atoms with van der Waals surface area (Å²) in [6.45, 7) is 5.11. The van der Waals surface area contributed by atoms with Gasteiger partial charge in [-0.05, 0) is 24.3 Å². The van der Waals surface area contributed by atoms with Crippen molar-refractivity contribution in [3.63, 3.8) is 0 Å². The number of guanidine groups is 1. The Labute approximate surface area is 122 Å². The zero-order valence-corrected chi connectivity index (χ0v) is 12.4. The normalized spacial score (nSPS) is 16.4. The number of nitrogens with one attached hydrogen (secondary N) is 1. The number of rotatable bonds is 4. The first-order chi connectivity index (χ1) is 9.15. The molecule has 0 aromatic heterocycles. The van der Waals surface area contributed by atoms with Crippen molar-refractivity contribution >= 4 is 21.9 Å². The van der Waals surface area contributed by atoms with Crippen LogP contribution in [0.3, 0.4) is 0 Å². The second kappa shape index (κ2) is 6.77. The predicted molar refractivity (Wildman–Crippen MR) is 79.6 cm³/mol. The van der Waals surface area contributed by atoms with Gasteiger partial charge in [0.15, 0.2) is 5.96 Å². The maximum atomic E-state index is 7.38. The van der Waals surface area contributed by atoms with Crippen LogP contribution < -0.4 is 10.5 Å². The van der Waals surface area contributed by atoms with Crippen LogP contribution in [0.15, 0.2) is 28.7 Å². The maximum Gasteiger partial charge on any atom is 0.188 e. The van der Waals surface area contributed by atoms with Crippen LogP contribution in [0.5, 0.6) is 5.75 Å². The molecular formula is C13H19BrN4O. The molecule has 6 heteroatoms. The fourth-order valence-corrected chi connectivity index (χ4v) is 2.30. The number of halogens is 1. The van der Waals surface area contributed by atoms with E-state index in [1.54, 1.807) is 0 Å². The number of nitrogens with two attached hydrogens (primary N) is 1. The zero-order chi connectivity index (χ0) is 13.7. The van der Waals surface area contributed by atoms with Crippen LogP contribution in [-0.2, 0) is 0 Å². The number of benzene rings is 1. The number of hydrogen-bond donors (Lipinski definition) is 2. The quantitative estimate of drug-likeness (QED) is 0.647. The molecule has 1 aliphatic heterocycles. The van der Waals surface area contributed by atoms with E-state index in [-0.39, 0.29) is 5.96 Å². The minimum absolute atomic E-state index is 0.172. The lowest BCUT2D eigenvalue weighted by atomic mass is 10.3. The fraction of sp³-hybridized carbons (Fsp3) is 0.462. The summed E-state index contributed by atoms with van der Waals surface area (Å²) in [6.07, 6.45) is 0. The summed E-state index contributed by atoms with van der Waals surface area (Å²) in [7, 11) is 0. The van der Waals surface area contributed by atoms with E-state index in [9.17, 15) is 0 Å². The predicted octanol–water partition coefficient (Wildman–Crippen LogP) is 1.34. The van der Waals surface area contributed by atoms with Crippen LogP contribution in [0.4, 0.5) is 0 Å². The molecule has 1 aromatic rings. The topological polar surface area (TPSA) is 65.6 Å². The first-order valence-corrected chi connectivity index (χ1v) is 7.14. The Morgan fingerprint density at radius 3 is 2.42 bits per heavy atom. The van der Waals surface area contributed by atoms with Crippen LogP contribution in [0, 0.1) is 5.41 Å². The lowest BCUT2D eigenvalue weighted by Crippen LogP contribution is -2.51. The second-order valence-electron chi connectivity index (χ2n) is 4.52. The van der Waals surface area contributed by atoms with Gasteiger partial charge < -0.3 is 15.4 Å². The molecule has 0 atom stereocenters. The summed E-state index contributed by atoms with van der Waals surface area (Å²) < 4.78 is 6.75. The van der Waals surface area contributed by atoms with Gasteiger partial charge in [0.25, 0.3) is 0 Å². The van der Waals surface area contributed by atoms with Crippen molar-refractivity contribution in [2.75, 3.05) is 39.3 Å². The van der Waals surface area contributed by atoms with Gasteiger partial charge in [0.1, 0.15) is 12.4 Å². The SMILES string of the molecule is N=C(N)N1CCN(CCOc2ccc(Br)cc2)CC1. The van der Waals surface area contributed by atoms with Crippen LogP contribution in [0.2, 0.25) is 0 Å². The lowest BCUT2D eigenvalue weighted by molar-refractivity contribution is 0.153. The van der Waals surface area contributed by atoms with E-state index < -0.39 is 0 Å². The van der Waals surface area contributed by atoms with Crippen molar-refractivity contribution in [1.29, 1.82) is 5.41 Å². The molecule has 1 fully saturated rings. The third kappa shape index (κ3) is 4.40. The highest BCUT2D eigenvalue weighted by molar-refractivity contribution is 9.10. The van der Waals surface area contributed by atoms with Gasteiger partial charge in [-0.25, -0.2) is 0 Å². The molecule has 19 heavy (non-hydrogen) atoms. The molecule has 0 aliphatic carbocycles. The second-order valence-corrected chi connectivity index (χ2v) is 5.43. The Hall–Kier alpha value is -1.27. The largest absolute Gasteiger partial charge is 0.492 e. The molecule has 0 unspecified atom stereocenters. The highest BCUT2D eigenvalue weighted by Crippen LogP contribution is 2.16. The average molecular weight is 327 g/mol. The Balaban J connectivity index is 1.67. The molecule has 1 aromatic carbocycles. The van der Waals surface area contributed by atoms with E-state index in [1.165, 1.54) is 0 Å². The van der Waals surface area contributed by atoms with Gasteiger partial charge in [-0.2, -0.15) is 0 Å². The molecule has 104 valence electrons. The minimum Gasteiger partial charge on any atom is -0.492 e. The summed E-state index contributed by atoms with van der Waals surface area (Å²) in [5.41, 5.74) is 5.46. The summed E-state index contributed by atoms with van der Waals surface area (Å²) in [4.78, 5) is 4.23. The van der Waals surface area contributed by atoms with Crippen molar-refractivity contribution in [2.24, 2.45) is 5.73 Å². The average Bonchev–Trinajstić information content (AvgIpc) is 2.41. The van der Waals surface area contributed by atoms with Crippen molar-refractivity contribution < 1.29 is 4.74 Å². The van der Waals surface area contributed by atoms with Crippen LogP contribution in [-0.4, -0.2) is 55.1 Å². The van der Waals surface area contributed by atoms with E-state index in [1.807, 2.05) is 29.2 Å². The molecule has 0 radical (unpaired) electrons. The molecule has 3 N–H and O–H groups in total. The van der Waals surface area contributed by atoms with Crippen molar-refractivity contribution in [3.8, 4) is 5.75 Å². The van der Waals surface area contributed by atoms with Crippen molar-refractivity contribution in [3.05, 3.63) is 28.7 Å². The Morgan fingerprint density at radius 2 is 1.84 bits per heavy atom. The van der Waals surface area contributed by atoms with Gasteiger partial charge >= 0.3 is 0 Å². The van der Waals surface area contributed by atoms with Gasteiger partial charge in [0, 0.05) is 37.2 Å². The van der Waals surface area contributed by atoms with E-state index in [0.29, 0.717) is 6.61 Å². The van der Waals surface area contributed by atoms with E-state index in [0.717, 1.165) is 42.9 Å². The molecule has 1 aliphatic rings. The molecule has 5 nitrogen and oxygen atoms in total. The van der Waals surface area contributed by atoms with Crippen LogP contribution in [0.25, 0.3) is 0 Å². The van der Waals surface area contributed by atoms with E-state index in [2.05, 4.69) is 20.8 Å². The highest BCUT2D eigenvalue weighted by atomic mass is 79.9. The Morgan fingerprint density at radius 1 is 1.21 bits per heavy atom. The third-order valence-corrected chi connectivity index (χ3v) is 3.73. The van der Waals surface area contributed by atoms with E-state index in [4.69, 9.17) is 15.9 Å². The Kier molecular flexibility index (Phi) is 5.04. The van der Waals surface area contributed by atoms with Gasteiger partial charge in [0.05, 0.1) is 0 Å². The van der Waals surface area contributed by atoms with Crippen LogP contribution >= 0.6 is 15.9 Å². The van der Waals surface area contributed by atoms with Crippen molar-refractivity contribution in [2.45, 2.75) is 0 Å². The Bertz CT molecular complexity index is 415. The fourth-order valence-electron chi connectivity index (χ4n) is 2.04. The lowest BCUT2D eigenvalue weighted by Gasteiger charge is -2.34. The van der Waals surface area contributed by atoms with Gasteiger partial charge in [-0.3, -0.25) is 10.3 Å². The number of ether oxygens (including phenoxy) is 1. The van der Waals surface area contributed by atoms with Gasteiger partial charge in [-0.15, -0.1) is 0 Å². The number of piperazine rings is 1. The molecule has 1 heterocycles. The van der Waals surface area contributed by atoms with Gasteiger partial charge in [0.2, 0.25) is 0 Å². The smallest absolute Gasteiger partial charge is 0.188 e. The zero-order valence-electron chi connectivity index (χ0n) is 10.8. The maximum absolute atomic E-state index is 7.38. The first-order valence-electron chi connectivity index (χ1n) is 6.35. The number of hydrogen-bond acceptors (Lipinski definition) is 3. The monoisotopic (exact) mass is 326 g/mol. The molecule has 2 rings (SSSR count). The minimum atomic E-state index is 0.172. The first kappa shape index (κ1) is 14.1. The summed E-state index contributed by atoms with van der Waals surface area (Å²) in [5, 5.41) is 7.38.